The fourth-order valence-corrected chi connectivity index (χ4v) is 3.58. The molecule has 112 valence electrons. The maximum atomic E-state index is 12.5. The van der Waals surface area contributed by atoms with Crippen molar-refractivity contribution in [2.45, 2.75) is 27.7 Å². The molecule has 0 fully saturated rings. The highest BCUT2D eigenvalue weighted by Crippen LogP contribution is 2.31. The highest BCUT2D eigenvalue weighted by atomic mass is 32.1. The molecule has 3 aromatic rings. The minimum atomic E-state index is -0.158. The second kappa shape index (κ2) is 5.46. The molecule has 3 heterocycles. The Bertz CT molecular complexity index is 868. The van der Waals surface area contributed by atoms with E-state index in [2.05, 4.69) is 20.3 Å². The molecule has 0 radical (unpaired) electrons. The van der Waals surface area contributed by atoms with Crippen LogP contribution < -0.4 is 5.32 Å². The summed E-state index contributed by atoms with van der Waals surface area (Å²) >= 11 is 1.39. The van der Waals surface area contributed by atoms with Gasteiger partial charge in [-0.2, -0.15) is 0 Å². The number of pyridine rings is 1. The Hall–Kier alpha value is -2.34. The lowest BCUT2D eigenvalue weighted by Gasteiger charge is -2.04. The summed E-state index contributed by atoms with van der Waals surface area (Å²) < 4.78 is 0. The maximum Gasteiger partial charge on any atom is 0.267 e. The first-order chi connectivity index (χ1) is 10.5. The van der Waals surface area contributed by atoms with Crippen LogP contribution in [0, 0.1) is 27.7 Å². The number of aryl methyl sites for hydroxylation is 4. The summed E-state index contributed by atoms with van der Waals surface area (Å²) in [5, 5.41) is 3.80. The lowest BCUT2D eigenvalue weighted by atomic mass is 10.1. The largest absolute Gasteiger partial charge is 0.306 e. The second-order valence-electron chi connectivity index (χ2n) is 5.27. The van der Waals surface area contributed by atoms with Gasteiger partial charge in [-0.05, 0) is 44.9 Å². The molecule has 0 aliphatic heterocycles. The molecule has 0 saturated carbocycles. The van der Waals surface area contributed by atoms with Crippen molar-refractivity contribution in [3.05, 3.63) is 45.9 Å². The van der Waals surface area contributed by atoms with E-state index in [1.165, 1.54) is 11.3 Å². The van der Waals surface area contributed by atoms with E-state index in [0.717, 1.165) is 32.9 Å². The molecule has 0 bridgehead atoms. The number of amides is 1. The molecule has 0 aliphatic rings. The second-order valence-corrected chi connectivity index (χ2v) is 6.27. The van der Waals surface area contributed by atoms with Gasteiger partial charge >= 0.3 is 0 Å². The van der Waals surface area contributed by atoms with Crippen molar-refractivity contribution in [1.82, 2.24) is 15.0 Å². The van der Waals surface area contributed by atoms with Gasteiger partial charge < -0.3 is 5.32 Å². The third-order valence-electron chi connectivity index (χ3n) is 3.44. The first-order valence-corrected chi connectivity index (χ1v) is 7.75. The zero-order valence-corrected chi connectivity index (χ0v) is 13.7. The average molecular weight is 312 g/mol. The monoisotopic (exact) mass is 312 g/mol. The van der Waals surface area contributed by atoms with Crippen LogP contribution in [0.3, 0.4) is 0 Å². The van der Waals surface area contributed by atoms with E-state index in [1.54, 1.807) is 12.3 Å². The quantitative estimate of drug-likeness (QED) is 0.785. The summed E-state index contributed by atoms with van der Waals surface area (Å²) in [7, 11) is 0. The zero-order chi connectivity index (χ0) is 15.9. The van der Waals surface area contributed by atoms with Crippen LogP contribution in [-0.2, 0) is 0 Å². The Morgan fingerprint density at radius 1 is 1.14 bits per heavy atom. The number of thiophene rings is 1. The van der Waals surface area contributed by atoms with Gasteiger partial charge in [0.05, 0.1) is 4.88 Å². The Morgan fingerprint density at radius 3 is 2.59 bits per heavy atom. The Morgan fingerprint density at radius 2 is 1.91 bits per heavy atom. The molecule has 0 saturated heterocycles. The van der Waals surface area contributed by atoms with Gasteiger partial charge in [0.2, 0.25) is 0 Å². The number of aromatic nitrogens is 3. The van der Waals surface area contributed by atoms with E-state index < -0.39 is 0 Å². The Balaban J connectivity index is 1.99. The van der Waals surface area contributed by atoms with Crippen molar-refractivity contribution in [1.29, 1.82) is 0 Å². The van der Waals surface area contributed by atoms with E-state index in [1.807, 2.05) is 33.8 Å². The lowest BCUT2D eigenvalue weighted by Crippen LogP contribution is -2.12. The van der Waals surface area contributed by atoms with E-state index >= 15 is 0 Å². The predicted molar refractivity (Wildman–Crippen MR) is 88.6 cm³/mol. The molecule has 5 nitrogen and oxygen atoms in total. The number of hydrogen-bond acceptors (Lipinski definition) is 5. The molecule has 3 rings (SSSR count). The summed E-state index contributed by atoms with van der Waals surface area (Å²) in [5.74, 6) is 1.11. The molecule has 0 aliphatic carbocycles. The number of fused-ring (bicyclic) bond motifs is 1. The first-order valence-electron chi connectivity index (χ1n) is 6.94. The van der Waals surface area contributed by atoms with Crippen molar-refractivity contribution >= 4 is 33.3 Å². The summed E-state index contributed by atoms with van der Waals surface area (Å²) in [6.45, 7) is 7.69. The number of hydrogen-bond donors (Lipinski definition) is 1. The molecule has 22 heavy (non-hydrogen) atoms. The van der Waals surface area contributed by atoms with Crippen molar-refractivity contribution < 1.29 is 4.79 Å². The topological polar surface area (TPSA) is 67.8 Å². The van der Waals surface area contributed by atoms with Crippen molar-refractivity contribution in [3.8, 4) is 0 Å². The zero-order valence-electron chi connectivity index (χ0n) is 12.9. The first kappa shape index (κ1) is 14.6. The number of anilines is 1. The molecule has 0 aromatic carbocycles. The van der Waals surface area contributed by atoms with Gasteiger partial charge in [-0.1, -0.05) is 6.07 Å². The number of nitrogens with one attached hydrogen (secondary N) is 1. The minimum Gasteiger partial charge on any atom is -0.306 e. The van der Waals surface area contributed by atoms with Crippen LogP contribution in [0.2, 0.25) is 0 Å². The molecule has 0 atom stereocenters. The van der Waals surface area contributed by atoms with Crippen LogP contribution in [0.1, 0.15) is 32.3 Å². The van der Waals surface area contributed by atoms with Gasteiger partial charge in [0, 0.05) is 17.3 Å². The highest BCUT2D eigenvalue weighted by Gasteiger charge is 2.19. The normalized spacial score (nSPS) is 10.9. The van der Waals surface area contributed by atoms with Gasteiger partial charge in [-0.3, -0.25) is 4.79 Å². The lowest BCUT2D eigenvalue weighted by molar-refractivity contribution is 0.102. The number of carbonyl (C=O) groups is 1. The summed E-state index contributed by atoms with van der Waals surface area (Å²) in [6.07, 6.45) is 1.73. The third-order valence-corrected chi connectivity index (χ3v) is 4.63. The van der Waals surface area contributed by atoms with Crippen molar-refractivity contribution in [2.24, 2.45) is 0 Å². The van der Waals surface area contributed by atoms with Crippen LogP contribution in [0.4, 0.5) is 5.82 Å². The van der Waals surface area contributed by atoms with E-state index in [0.29, 0.717) is 10.7 Å². The number of rotatable bonds is 2. The van der Waals surface area contributed by atoms with Crippen molar-refractivity contribution in [3.63, 3.8) is 0 Å². The van der Waals surface area contributed by atoms with Crippen molar-refractivity contribution in [2.75, 3.05) is 5.32 Å². The van der Waals surface area contributed by atoms with Gasteiger partial charge in [-0.25, -0.2) is 15.0 Å². The summed E-state index contributed by atoms with van der Waals surface area (Å²) in [4.78, 5) is 27.0. The fourth-order valence-electron chi connectivity index (χ4n) is 2.41. The van der Waals surface area contributed by atoms with Crippen LogP contribution in [0.5, 0.6) is 0 Å². The molecule has 0 unspecified atom stereocenters. The van der Waals surface area contributed by atoms with Crippen LogP contribution >= 0.6 is 11.3 Å². The molecular weight excluding hydrogens is 296 g/mol. The van der Waals surface area contributed by atoms with Gasteiger partial charge in [0.25, 0.3) is 5.91 Å². The number of nitrogens with zero attached hydrogens (tertiary/aromatic N) is 3. The Labute approximate surface area is 132 Å². The SMILES string of the molecule is Cc1ccc(NC(=O)c2sc3nc(C)nc(C)c3c2C)nc1. The van der Waals surface area contributed by atoms with E-state index in [4.69, 9.17) is 0 Å². The number of carbonyl (C=O) groups excluding carboxylic acids is 1. The smallest absolute Gasteiger partial charge is 0.267 e. The van der Waals surface area contributed by atoms with Gasteiger partial charge in [0.1, 0.15) is 16.5 Å². The third kappa shape index (κ3) is 2.57. The molecule has 0 spiro atoms. The molecule has 1 amide bonds. The standard InChI is InChI=1S/C16H16N4OS/c1-8-5-6-12(17-7-8)20-15(21)14-9(2)13-10(3)18-11(4)19-16(13)22-14/h5-7H,1-4H3,(H,17,20,21). The summed E-state index contributed by atoms with van der Waals surface area (Å²) in [5.41, 5.74) is 2.88. The fraction of sp³-hybridized carbons (Fsp3) is 0.250. The molecule has 3 aromatic heterocycles. The predicted octanol–water partition coefficient (Wildman–Crippen LogP) is 3.57. The highest BCUT2D eigenvalue weighted by molar-refractivity contribution is 7.20. The molecule has 1 N–H and O–H groups in total. The van der Waals surface area contributed by atoms with Gasteiger partial charge in [-0.15, -0.1) is 11.3 Å². The van der Waals surface area contributed by atoms with Crippen LogP contribution in [0.15, 0.2) is 18.3 Å². The van der Waals surface area contributed by atoms with E-state index in [-0.39, 0.29) is 5.91 Å². The summed E-state index contributed by atoms with van der Waals surface area (Å²) in [6, 6.07) is 3.71. The maximum absolute atomic E-state index is 12.5. The van der Waals surface area contributed by atoms with E-state index in [9.17, 15) is 4.79 Å². The Kier molecular flexibility index (Phi) is 3.62. The molecule has 6 heteroatoms. The molecular formula is C16H16N4OS. The van der Waals surface area contributed by atoms with Crippen LogP contribution in [-0.4, -0.2) is 20.9 Å². The van der Waals surface area contributed by atoms with Gasteiger partial charge in [0.15, 0.2) is 0 Å². The van der Waals surface area contributed by atoms with Crippen LogP contribution in [0.25, 0.3) is 10.2 Å². The average Bonchev–Trinajstić information content (AvgIpc) is 2.78. The minimum absolute atomic E-state index is 0.158.